The van der Waals surface area contributed by atoms with Crippen LogP contribution in [0.3, 0.4) is 0 Å². The third-order valence-corrected chi connectivity index (χ3v) is 5.09. The van der Waals surface area contributed by atoms with Gasteiger partial charge in [-0.3, -0.25) is 0 Å². The first-order valence-electron chi connectivity index (χ1n) is 7.41. The molecule has 2 N–H and O–H groups in total. The van der Waals surface area contributed by atoms with E-state index in [1.165, 1.54) is 42.8 Å². The molecule has 3 heteroatoms. The molecular formula is C16H23NOS. The van der Waals surface area contributed by atoms with Gasteiger partial charge in [-0.25, -0.2) is 0 Å². The van der Waals surface area contributed by atoms with E-state index < -0.39 is 0 Å². The van der Waals surface area contributed by atoms with E-state index >= 15 is 0 Å². The average molecular weight is 277 g/mol. The van der Waals surface area contributed by atoms with Crippen LogP contribution in [-0.4, -0.2) is 17.6 Å². The summed E-state index contributed by atoms with van der Waals surface area (Å²) in [5.41, 5.74) is 7.61. The zero-order chi connectivity index (χ0) is 13.1. The fourth-order valence-electron chi connectivity index (χ4n) is 2.67. The van der Waals surface area contributed by atoms with Gasteiger partial charge in [-0.05, 0) is 67.2 Å². The number of hydrogen-bond acceptors (Lipinski definition) is 3. The normalized spacial score (nSPS) is 22.2. The SMILES string of the molecule is NC(CC1CCSCC1)c1cccc(OC2CC2)c1. The largest absolute Gasteiger partial charge is 0.490 e. The van der Waals surface area contributed by atoms with Crippen molar-refractivity contribution in [1.82, 2.24) is 0 Å². The van der Waals surface area contributed by atoms with Crippen LogP contribution in [0.15, 0.2) is 24.3 Å². The Bertz CT molecular complexity index is 413. The van der Waals surface area contributed by atoms with Crippen molar-refractivity contribution < 1.29 is 4.74 Å². The standard InChI is InChI=1S/C16H23NOS/c17-16(10-12-6-8-19-9-7-12)13-2-1-3-15(11-13)18-14-4-5-14/h1-3,11-12,14,16H,4-10,17H2. The lowest BCUT2D eigenvalue weighted by Crippen LogP contribution is -2.18. The molecule has 0 amide bonds. The van der Waals surface area contributed by atoms with Crippen molar-refractivity contribution in [2.24, 2.45) is 11.7 Å². The lowest BCUT2D eigenvalue weighted by molar-refractivity contribution is 0.302. The molecule has 104 valence electrons. The van der Waals surface area contributed by atoms with Crippen LogP contribution in [-0.2, 0) is 0 Å². The summed E-state index contributed by atoms with van der Waals surface area (Å²) < 4.78 is 5.85. The summed E-state index contributed by atoms with van der Waals surface area (Å²) in [7, 11) is 0. The van der Waals surface area contributed by atoms with Gasteiger partial charge < -0.3 is 10.5 Å². The summed E-state index contributed by atoms with van der Waals surface area (Å²) in [5, 5.41) is 0. The van der Waals surface area contributed by atoms with Crippen LogP contribution in [0.25, 0.3) is 0 Å². The maximum atomic E-state index is 6.38. The third-order valence-electron chi connectivity index (χ3n) is 4.04. The lowest BCUT2D eigenvalue weighted by atomic mass is 9.91. The van der Waals surface area contributed by atoms with Gasteiger partial charge >= 0.3 is 0 Å². The van der Waals surface area contributed by atoms with Gasteiger partial charge in [-0.1, -0.05) is 12.1 Å². The van der Waals surface area contributed by atoms with Crippen LogP contribution in [0.2, 0.25) is 0 Å². The topological polar surface area (TPSA) is 35.2 Å². The summed E-state index contributed by atoms with van der Waals surface area (Å²) in [4.78, 5) is 0. The lowest BCUT2D eigenvalue weighted by Gasteiger charge is -2.24. The molecular weight excluding hydrogens is 254 g/mol. The summed E-state index contributed by atoms with van der Waals surface area (Å²) in [6, 6.07) is 8.56. The molecule has 1 aliphatic heterocycles. The van der Waals surface area contributed by atoms with Crippen LogP contribution >= 0.6 is 11.8 Å². The quantitative estimate of drug-likeness (QED) is 0.890. The van der Waals surface area contributed by atoms with Gasteiger partial charge in [0.2, 0.25) is 0 Å². The van der Waals surface area contributed by atoms with Gasteiger partial charge in [0.05, 0.1) is 6.10 Å². The van der Waals surface area contributed by atoms with E-state index in [4.69, 9.17) is 10.5 Å². The van der Waals surface area contributed by atoms with Crippen molar-refractivity contribution in [1.29, 1.82) is 0 Å². The number of ether oxygens (including phenoxy) is 1. The number of thioether (sulfide) groups is 1. The Balaban J connectivity index is 1.59. The highest BCUT2D eigenvalue weighted by molar-refractivity contribution is 7.99. The van der Waals surface area contributed by atoms with E-state index in [0.29, 0.717) is 6.10 Å². The molecule has 1 unspecified atom stereocenters. The van der Waals surface area contributed by atoms with Crippen LogP contribution in [0, 0.1) is 5.92 Å². The molecule has 2 aliphatic rings. The highest BCUT2D eigenvalue weighted by Crippen LogP contribution is 2.32. The molecule has 1 saturated carbocycles. The Morgan fingerprint density at radius 2 is 2.00 bits per heavy atom. The minimum absolute atomic E-state index is 0.163. The summed E-state index contributed by atoms with van der Waals surface area (Å²) in [5.74, 6) is 4.42. The molecule has 0 aromatic heterocycles. The number of rotatable bonds is 5. The molecule has 1 aromatic carbocycles. The van der Waals surface area contributed by atoms with E-state index in [0.717, 1.165) is 18.1 Å². The second-order valence-electron chi connectivity index (χ2n) is 5.79. The Hall–Kier alpha value is -0.670. The highest BCUT2D eigenvalue weighted by Gasteiger charge is 2.24. The third kappa shape index (κ3) is 3.90. The molecule has 1 aliphatic carbocycles. The van der Waals surface area contributed by atoms with Gasteiger partial charge in [0.1, 0.15) is 5.75 Å². The number of nitrogens with two attached hydrogens (primary N) is 1. The molecule has 1 aromatic rings. The summed E-state index contributed by atoms with van der Waals surface area (Å²) in [6.07, 6.45) is 6.65. The summed E-state index contributed by atoms with van der Waals surface area (Å²) >= 11 is 2.08. The monoisotopic (exact) mass is 277 g/mol. The van der Waals surface area contributed by atoms with Crippen molar-refractivity contribution in [3.8, 4) is 5.75 Å². The molecule has 1 heterocycles. The first kappa shape index (κ1) is 13.3. The maximum Gasteiger partial charge on any atom is 0.120 e. The zero-order valence-electron chi connectivity index (χ0n) is 11.4. The zero-order valence-corrected chi connectivity index (χ0v) is 12.2. The Morgan fingerprint density at radius 1 is 1.21 bits per heavy atom. The van der Waals surface area contributed by atoms with Crippen LogP contribution in [0.1, 0.15) is 43.7 Å². The minimum atomic E-state index is 0.163. The molecule has 0 bridgehead atoms. The average Bonchev–Trinajstić information content (AvgIpc) is 3.24. The highest BCUT2D eigenvalue weighted by atomic mass is 32.2. The van der Waals surface area contributed by atoms with Crippen molar-refractivity contribution in [3.05, 3.63) is 29.8 Å². The van der Waals surface area contributed by atoms with E-state index in [1.807, 2.05) is 6.07 Å². The number of hydrogen-bond donors (Lipinski definition) is 1. The van der Waals surface area contributed by atoms with Gasteiger partial charge in [-0.2, -0.15) is 11.8 Å². The second kappa shape index (κ2) is 6.19. The Labute approximate surface area is 120 Å². The van der Waals surface area contributed by atoms with E-state index in [1.54, 1.807) is 0 Å². The summed E-state index contributed by atoms with van der Waals surface area (Å²) in [6.45, 7) is 0. The first-order chi connectivity index (χ1) is 9.31. The molecule has 2 fully saturated rings. The van der Waals surface area contributed by atoms with Crippen LogP contribution in [0.5, 0.6) is 5.75 Å². The van der Waals surface area contributed by atoms with E-state index in [2.05, 4.69) is 30.0 Å². The van der Waals surface area contributed by atoms with Crippen LogP contribution in [0.4, 0.5) is 0 Å². The maximum absolute atomic E-state index is 6.38. The van der Waals surface area contributed by atoms with Crippen molar-refractivity contribution in [2.75, 3.05) is 11.5 Å². The second-order valence-corrected chi connectivity index (χ2v) is 7.01. The molecule has 19 heavy (non-hydrogen) atoms. The fraction of sp³-hybridized carbons (Fsp3) is 0.625. The molecule has 2 nitrogen and oxygen atoms in total. The van der Waals surface area contributed by atoms with Gasteiger partial charge in [0.25, 0.3) is 0 Å². The van der Waals surface area contributed by atoms with E-state index in [-0.39, 0.29) is 6.04 Å². The van der Waals surface area contributed by atoms with Gasteiger partial charge in [-0.15, -0.1) is 0 Å². The minimum Gasteiger partial charge on any atom is -0.490 e. The smallest absolute Gasteiger partial charge is 0.120 e. The fourth-order valence-corrected chi connectivity index (χ4v) is 3.88. The Kier molecular flexibility index (Phi) is 4.34. The first-order valence-corrected chi connectivity index (χ1v) is 8.56. The molecule has 1 atom stereocenters. The molecule has 0 spiro atoms. The van der Waals surface area contributed by atoms with E-state index in [9.17, 15) is 0 Å². The van der Waals surface area contributed by atoms with Gasteiger partial charge in [0, 0.05) is 6.04 Å². The van der Waals surface area contributed by atoms with Crippen LogP contribution < -0.4 is 10.5 Å². The molecule has 0 radical (unpaired) electrons. The Morgan fingerprint density at radius 3 is 2.74 bits per heavy atom. The molecule has 3 rings (SSSR count). The number of benzene rings is 1. The van der Waals surface area contributed by atoms with Crippen molar-refractivity contribution in [2.45, 2.75) is 44.2 Å². The van der Waals surface area contributed by atoms with Gasteiger partial charge in [0.15, 0.2) is 0 Å². The predicted octanol–water partition coefficient (Wildman–Crippen LogP) is 3.76. The predicted molar refractivity (Wildman–Crippen MR) is 81.7 cm³/mol. The van der Waals surface area contributed by atoms with Crippen molar-refractivity contribution >= 4 is 11.8 Å². The van der Waals surface area contributed by atoms with Crippen molar-refractivity contribution in [3.63, 3.8) is 0 Å². The molecule has 1 saturated heterocycles.